The minimum absolute atomic E-state index is 0.331. The lowest BCUT2D eigenvalue weighted by atomic mass is 10.2. The zero-order valence-electron chi connectivity index (χ0n) is 17.5. The number of carbonyl (C=O) groups is 1. The van der Waals surface area contributed by atoms with Gasteiger partial charge in [-0.1, -0.05) is 18.2 Å². The first-order valence-corrected chi connectivity index (χ1v) is 10.2. The Bertz CT molecular complexity index is 892. The summed E-state index contributed by atoms with van der Waals surface area (Å²) in [6, 6.07) is 23.6. The van der Waals surface area contributed by atoms with Crippen molar-refractivity contribution in [2.24, 2.45) is 0 Å². The zero-order valence-corrected chi connectivity index (χ0v) is 18.3. The summed E-state index contributed by atoms with van der Waals surface area (Å²) in [4.78, 5) is 10.2. The summed E-state index contributed by atoms with van der Waals surface area (Å²) >= 11 is 5.30. The van der Waals surface area contributed by atoms with E-state index >= 15 is 0 Å². The number of thiocarbonyl (C=S) groups is 1. The van der Waals surface area contributed by atoms with Gasteiger partial charge in [-0.25, -0.2) is 4.79 Å². The second kappa shape index (κ2) is 12.9. The maximum absolute atomic E-state index is 10.2. The van der Waals surface area contributed by atoms with E-state index < -0.39 is 5.97 Å². The largest absolute Gasteiger partial charge is 0.494 e. The highest BCUT2D eigenvalue weighted by Gasteiger charge is 2.01. The quantitative estimate of drug-likeness (QED) is 0.410. The van der Waals surface area contributed by atoms with Gasteiger partial charge in [0.2, 0.25) is 0 Å². The molecule has 0 fully saturated rings. The Morgan fingerprint density at radius 1 is 0.774 bits per heavy atom. The van der Waals surface area contributed by atoms with Crippen LogP contribution >= 0.6 is 12.2 Å². The molecule has 0 aliphatic carbocycles. The molecule has 0 saturated carbocycles. The first kappa shape index (κ1) is 23.7. The van der Waals surface area contributed by atoms with Crippen molar-refractivity contribution in [2.75, 3.05) is 23.8 Å². The molecule has 162 valence electrons. The molecule has 0 heterocycles. The molecule has 0 spiro atoms. The maximum atomic E-state index is 10.2. The molecule has 0 radical (unpaired) electrons. The summed E-state index contributed by atoms with van der Waals surface area (Å²) in [5, 5.41) is 15.2. The van der Waals surface area contributed by atoms with Crippen LogP contribution in [0.25, 0.3) is 0 Å². The summed E-state index contributed by atoms with van der Waals surface area (Å²) in [6.45, 7) is 5.24. The predicted molar refractivity (Wildman–Crippen MR) is 128 cm³/mol. The first-order chi connectivity index (χ1) is 15.0. The Hall–Kier alpha value is -3.58. The lowest BCUT2D eigenvalue weighted by molar-refractivity contribution is 0.0697. The molecule has 3 N–H and O–H groups in total. The Kier molecular flexibility index (Phi) is 9.84. The molecule has 0 saturated heterocycles. The molecule has 3 aromatic rings. The molecule has 0 atom stereocenters. The molecular formula is C24H26N2O4S. The van der Waals surface area contributed by atoms with Gasteiger partial charge in [0.1, 0.15) is 11.5 Å². The fourth-order valence-electron chi connectivity index (χ4n) is 2.48. The third-order valence-electron chi connectivity index (χ3n) is 3.87. The summed E-state index contributed by atoms with van der Waals surface area (Å²) in [6.07, 6.45) is 0. The molecule has 0 bridgehead atoms. The van der Waals surface area contributed by atoms with E-state index in [9.17, 15) is 4.79 Å². The number of anilines is 2. The molecule has 3 rings (SSSR count). The molecule has 7 heteroatoms. The van der Waals surface area contributed by atoms with Gasteiger partial charge in [0.05, 0.1) is 18.8 Å². The van der Waals surface area contributed by atoms with Crippen molar-refractivity contribution in [3.8, 4) is 11.5 Å². The topological polar surface area (TPSA) is 79.8 Å². The number of aromatic carboxylic acids is 1. The molecule has 0 aromatic heterocycles. The Labute approximate surface area is 187 Å². The molecule has 0 aliphatic rings. The van der Waals surface area contributed by atoms with Crippen molar-refractivity contribution in [3.05, 3.63) is 84.4 Å². The first-order valence-electron chi connectivity index (χ1n) is 9.84. The van der Waals surface area contributed by atoms with Gasteiger partial charge < -0.3 is 25.2 Å². The number of carboxylic acid groups (broad SMARTS) is 1. The van der Waals surface area contributed by atoms with Gasteiger partial charge in [-0.3, -0.25) is 0 Å². The van der Waals surface area contributed by atoms with Gasteiger partial charge in [0.15, 0.2) is 5.11 Å². The van der Waals surface area contributed by atoms with E-state index in [0.717, 1.165) is 22.9 Å². The van der Waals surface area contributed by atoms with Crippen molar-refractivity contribution in [3.63, 3.8) is 0 Å². The molecule has 0 aliphatic heterocycles. The van der Waals surface area contributed by atoms with Crippen molar-refractivity contribution >= 4 is 34.7 Å². The molecular weight excluding hydrogens is 412 g/mol. The molecule has 31 heavy (non-hydrogen) atoms. The Balaban J connectivity index is 0.000000316. The van der Waals surface area contributed by atoms with Crippen LogP contribution in [0.2, 0.25) is 0 Å². The minimum atomic E-state index is -0.879. The fourth-order valence-corrected chi connectivity index (χ4v) is 2.71. The smallest absolute Gasteiger partial charge is 0.335 e. The van der Waals surface area contributed by atoms with Gasteiger partial charge in [-0.2, -0.15) is 0 Å². The van der Waals surface area contributed by atoms with Crippen LogP contribution in [0, 0.1) is 0 Å². The number of nitrogens with one attached hydrogen (secondary N) is 2. The number of rotatable bonds is 7. The number of ether oxygens (including phenoxy) is 2. The van der Waals surface area contributed by atoms with Crippen LogP contribution in [0.3, 0.4) is 0 Å². The normalized spacial score (nSPS) is 9.61. The van der Waals surface area contributed by atoms with E-state index in [1.54, 1.807) is 30.3 Å². The fraction of sp³-hybridized carbons (Fsp3) is 0.167. The molecule has 0 unspecified atom stereocenters. The van der Waals surface area contributed by atoms with Crippen LogP contribution in [-0.2, 0) is 0 Å². The van der Waals surface area contributed by atoms with E-state index in [4.69, 9.17) is 26.8 Å². The average molecular weight is 439 g/mol. The van der Waals surface area contributed by atoms with Crippen LogP contribution in [0.5, 0.6) is 11.5 Å². The Morgan fingerprint density at radius 3 is 1.52 bits per heavy atom. The summed E-state index contributed by atoms with van der Waals surface area (Å²) in [7, 11) is 0. The standard InChI is InChI=1S/C17H20N2O2S.C7H6O2/c1-3-20-15-9-5-13(6-10-15)18-17(22)19-14-7-11-16(12-8-14)21-4-2;8-7(9)6-4-2-1-3-5-6/h5-12H,3-4H2,1-2H3,(H2,18,19,22);1-5H,(H,8,9). The number of carboxylic acids is 1. The number of hydrogen-bond donors (Lipinski definition) is 3. The summed E-state index contributed by atoms with van der Waals surface area (Å²) in [5.74, 6) is 0.812. The van der Waals surface area contributed by atoms with Crippen molar-refractivity contribution in [1.29, 1.82) is 0 Å². The van der Waals surface area contributed by atoms with Crippen molar-refractivity contribution in [1.82, 2.24) is 0 Å². The number of benzene rings is 3. The van der Waals surface area contributed by atoms with Gasteiger partial charge in [0.25, 0.3) is 0 Å². The average Bonchev–Trinajstić information content (AvgIpc) is 2.78. The minimum Gasteiger partial charge on any atom is -0.494 e. The van der Waals surface area contributed by atoms with E-state index in [0.29, 0.717) is 23.9 Å². The van der Waals surface area contributed by atoms with Gasteiger partial charge >= 0.3 is 5.97 Å². The van der Waals surface area contributed by atoms with E-state index in [-0.39, 0.29) is 0 Å². The van der Waals surface area contributed by atoms with Crippen LogP contribution in [0.1, 0.15) is 24.2 Å². The van der Waals surface area contributed by atoms with E-state index in [2.05, 4.69) is 10.6 Å². The lowest BCUT2D eigenvalue weighted by Crippen LogP contribution is -2.18. The highest BCUT2D eigenvalue weighted by molar-refractivity contribution is 7.80. The molecule has 0 amide bonds. The Morgan fingerprint density at radius 2 is 1.19 bits per heavy atom. The monoisotopic (exact) mass is 438 g/mol. The molecule has 3 aromatic carbocycles. The van der Waals surface area contributed by atoms with Gasteiger partial charge in [-0.05, 0) is 86.7 Å². The maximum Gasteiger partial charge on any atom is 0.335 e. The molecule has 6 nitrogen and oxygen atoms in total. The SMILES string of the molecule is CCOc1ccc(NC(=S)Nc2ccc(OCC)cc2)cc1.O=C(O)c1ccccc1. The predicted octanol–water partition coefficient (Wildman–Crippen LogP) is 5.68. The van der Waals surface area contributed by atoms with Crippen molar-refractivity contribution in [2.45, 2.75) is 13.8 Å². The third-order valence-corrected chi connectivity index (χ3v) is 4.07. The second-order valence-corrected chi connectivity index (χ2v) is 6.57. The summed E-state index contributed by atoms with van der Waals surface area (Å²) in [5.41, 5.74) is 2.15. The highest BCUT2D eigenvalue weighted by Crippen LogP contribution is 2.18. The lowest BCUT2D eigenvalue weighted by Gasteiger charge is -2.12. The number of hydrogen-bond acceptors (Lipinski definition) is 4. The van der Waals surface area contributed by atoms with E-state index in [1.807, 2.05) is 62.4 Å². The summed E-state index contributed by atoms with van der Waals surface area (Å²) < 4.78 is 10.8. The third kappa shape index (κ3) is 8.76. The van der Waals surface area contributed by atoms with Crippen LogP contribution < -0.4 is 20.1 Å². The van der Waals surface area contributed by atoms with Gasteiger partial charge in [-0.15, -0.1) is 0 Å². The van der Waals surface area contributed by atoms with Crippen molar-refractivity contribution < 1.29 is 19.4 Å². The highest BCUT2D eigenvalue weighted by atomic mass is 32.1. The van der Waals surface area contributed by atoms with E-state index in [1.165, 1.54) is 0 Å². The zero-order chi connectivity index (χ0) is 22.5. The van der Waals surface area contributed by atoms with Gasteiger partial charge in [0, 0.05) is 11.4 Å². The second-order valence-electron chi connectivity index (χ2n) is 6.17. The van der Waals surface area contributed by atoms with Crippen LogP contribution in [0.15, 0.2) is 78.9 Å². The van der Waals surface area contributed by atoms with Crippen LogP contribution in [0.4, 0.5) is 11.4 Å². The van der Waals surface area contributed by atoms with Crippen LogP contribution in [-0.4, -0.2) is 29.4 Å².